The summed E-state index contributed by atoms with van der Waals surface area (Å²) in [6.45, 7) is 0. The zero-order chi connectivity index (χ0) is 17.6. The maximum Gasteiger partial charge on any atom is 0.573 e. The average molecular weight is 365 g/mol. The van der Waals surface area contributed by atoms with Crippen molar-refractivity contribution in [1.29, 1.82) is 0 Å². The molecule has 0 bridgehead atoms. The Morgan fingerprint density at radius 2 is 1.68 bits per heavy atom. The van der Waals surface area contributed by atoms with Gasteiger partial charge in [-0.15, -0.1) is 18.3 Å². The Labute approximate surface area is 143 Å². The highest BCUT2D eigenvalue weighted by atomic mass is 35.5. The first-order chi connectivity index (χ1) is 11.9. The number of ether oxygens (including phenoxy) is 1. The quantitative estimate of drug-likeness (QED) is 0.491. The molecule has 0 saturated carbocycles. The van der Waals surface area contributed by atoms with E-state index in [2.05, 4.69) is 19.8 Å². The van der Waals surface area contributed by atoms with Crippen LogP contribution in [0.2, 0.25) is 5.28 Å². The van der Waals surface area contributed by atoms with Crippen LogP contribution in [0.1, 0.15) is 0 Å². The maximum absolute atomic E-state index is 12.2. The smallest absolute Gasteiger partial charge is 0.406 e. The summed E-state index contributed by atoms with van der Waals surface area (Å²) < 4.78 is 41.9. The van der Waals surface area contributed by atoms with E-state index in [4.69, 9.17) is 11.6 Å². The van der Waals surface area contributed by atoms with E-state index in [1.165, 1.54) is 28.8 Å². The summed E-state index contributed by atoms with van der Waals surface area (Å²) in [5, 5.41) is 5.19. The molecule has 0 aliphatic rings. The second-order valence-electron chi connectivity index (χ2n) is 5.14. The van der Waals surface area contributed by atoms with E-state index in [9.17, 15) is 13.2 Å². The number of halogens is 4. The number of para-hydroxylation sites is 1. The van der Waals surface area contributed by atoms with Crippen LogP contribution in [0.5, 0.6) is 5.75 Å². The third-order valence-electron chi connectivity index (χ3n) is 3.49. The summed E-state index contributed by atoms with van der Waals surface area (Å²) >= 11 is 6.14. The Kier molecular flexibility index (Phi) is 3.50. The van der Waals surface area contributed by atoms with E-state index in [0.717, 1.165) is 5.39 Å². The SMILES string of the molecule is FC(F)(F)Oc1ccc(-c2nc3c4ccccc4nc(Cl)n3n2)cc1. The van der Waals surface area contributed by atoms with Crippen LogP contribution < -0.4 is 4.74 Å². The molecule has 2 heterocycles. The third-order valence-corrected chi connectivity index (χ3v) is 3.73. The Morgan fingerprint density at radius 3 is 2.40 bits per heavy atom. The summed E-state index contributed by atoms with van der Waals surface area (Å²) in [5.41, 5.74) is 1.72. The molecule has 25 heavy (non-hydrogen) atoms. The van der Waals surface area contributed by atoms with E-state index >= 15 is 0 Å². The van der Waals surface area contributed by atoms with Crippen molar-refractivity contribution in [2.24, 2.45) is 0 Å². The number of aromatic nitrogens is 4. The summed E-state index contributed by atoms with van der Waals surface area (Å²) in [7, 11) is 0. The lowest BCUT2D eigenvalue weighted by Crippen LogP contribution is -2.16. The zero-order valence-corrected chi connectivity index (χ0v) is 13.1. The van der Waals surface area contributed by atoms with Crippen LogP contribution in [0.15, 0.2) is 48.5 Å². The van der Waals surface area contributed by atoms with Crippen molar-refractivity contribution in [3.8, 4) is 17.1 Å². The van der Waals surface area contributed by atoms with Crippen LogP contribution in [-0.2, 0) is 0 Å². The van der Waals surface area contributed by atoms with Gasteiger partial charge in [0.2, 0.25) is 5.28 Å². The number of rotatable bonds is 2. The molecule has 4 rings (SSSR count). The number of benzene rings is 2. The highest BCUT2D eigenvalue weighted by Gasteiger charge is 2.31. The molecular weight excluding hydrogens is 357 g/mol. The minimum absolute atomic E-state index is 0.143. The molecule has 0 atom stereocenters. The lowest BCUT2D eigenvalue weighted by molar-refractivity contribution is -0.274. The van der Waals surface area contributed by atoms with E-state index < -0.39 is 6.36 Å². The van der Waals surface area contributed by atoms with Gasteiger partial charge in [-0.3, -0.25) is 0 Å². The molecule has 0 saturated heterocycles. The molecule has 9 heteroatoms. The number of alkyl halides is 3. The van der Waals surface area contributed by atoms with Crippen molar-refractivity contribution < 1.29 is 17.9 Å². The molecule has 0 aliphatic carbocycles. The van der Waals surface area contributed by atoms with E-state index in [-0.39, 0.29) is 11.0 Å². The molecule has 0 spiro atoms. The number of fused-ring (bicyclic) bond motifs is 3. The largest absolute Gasteiger partial charge is 0.573 e. The Hall–Kier alpha value is -2.87. The minimum Gasteiger partial charge on any atom is -0.406 e. The molecule has 0 amide bonds. The van der Waals surface area contributed by atoms with E-state index in [1.807, 2.05) is 18.2 Å². The fourth-order valence-corrected chi connectivity index (χ4v) is 2.66. The van der Waals surface area contributed by atoms with Crippen molar-refractivity contribution in [3.63, 3.8) is 0 Å². The van der Waals surface area contributed by atoms with Gasteiger partial charge in [-0.1, -0.05) is 12.1 Å². The first kappa shape index (κ1) is 15.6. The molecule has 0 unspecified atom stereocenters. The van der Waals surface area contributed by atoms with Crippen LogP contribution in [0.25, 0.3) is 27.9 Å². The molecule has 2 aromatic heterocycles. The van der Waals surface area contributed by atoms with Crippen molar-refractivity contribution in [1.82, 2.24) is 19.6 Å². The molecule has 5 nitrogen and oxygen atoms in total. The Morgan fingerprint density at radius 1 is 0.960 bits per heavy atom. The summed E-state index contributed by atoms with van der Waals surface area (Å²) in [5.74, 6) is 0.00350. The monoisotopic (exact) mass is 364 g/mol. The van der Waals surface area contributed by atoms with Gasteiger partial charge in [0.25, 0.3) is 0 Å². The van der Waals surface area contributed by atoms with Gasteiger partial charge in [-0.25, -0.2) is 9.97 Å². The van der Waals surface area contributed by atoms with Crippen LogP contribution in [0.3, 0.4) is 0 Å². The molecule has 0 N–H and O–H groups in total. The topological polar surface area (TPSA) is 52.3 Å². The van der Waals surface area contributed by atoms with Gasteiger partial charge in [0.1, 0.15) is 5.75 Å². The number of hydrogen-bond donors (Lipinski definition) is 0. The molecule has 4 aromatic rings. The summed E-state index contributed by atoms with van der Waals surface area (Å²) in [6.07, 6.45) is -4.74. The van der Waals surface area contributed by atoms with Gasteiger partial charge in [-0.2, -0.15) is 4.52 Å². The summed E-state index contributed by atoms with van der Waals surface area (Å²) in [6, 6.07) is 12.6. The molecule has 0 radical (unpaired) electrons. The standard InChI is InChI=1S/C16H8ClF3N4O/c17-15-21-12-4-2-1-3-11(12)14-22-13(23-24(14)15)9-5-7-10(8-6-9)25-16(18,19)20/h1-8H. The maximum atomic E-state index is 12.2. The van der Waals surface area contributed by atoms with Crippen LogP contribution in [0.4, 0.5) is 13.2 Å². The lowest BCUT2D eigenvalue weighted by atomic mass is 10.2. The highest BCUT2D eigenvalue weighted by Crippen LogP contribution is 2.27. The third kappa shape index (κ3) is 2.96. The van der Waals surface area contributed by atoms with E-state index in [0.29, 0.717) is 22.6 Å². The fraction of sp³-hybridized carbons (Fsp3) is 0.0625. The van der Waals surface area contributed by atoms with Crippen LogP contribution in [0, 0.1) is 0 Å². The summed E-state index contributed by atoms with van der Waals surface area (Å²) in [4.78, 5) is 8.69. The Bertz CT molecular complexity index is 1080. The highest BCUT2D eigenvalue weighted by molar-refractivity contribution is 6.29. The molecule has 0 fully saturated rings. The normalized spacial score (nSPS) is 12.0. The molecular formula is C16H8ClF3N4O. The molecule has 2 aromatic carbocycles. The van der Waals surface area contributed by atoms with Crippen molar-refractivity contribution in [2.75, 3.05) is 0 Å². The second-order valence-corrected chi connectivity index (χ2v) is 5.48. The first-order valence-electron chi connectivity index (χ1n) is 7.08. The van der Waals surface area contributed by atoms with Gasteiger partial charge >= 0.3 is 6.36 Å². The molecule has 126 valence electrons. The minimum atomic E-state index is -4.74. The van der Waals surface area contributed by atoms with Crippen molar-refractivity contribution >= 4 is 28.2 Å². The van der Waals surface area contributed by atoms with Crippen LogP contribution >= 0.6 is 11.6 Å². The van der Waals surface area contributed by atoms with Gasteiger partial charge in [0, 0.05) is 10.9 Å². The van der Waals surface area contributed by atoms with Gasteiger partial charge < -0.3 is 4.74 Å². The average Bonchev–Trinajstić information content (AvgIpc) is 3.00. The van der Waals surface area contributed by atoms with Crippen LogP contribution in [-0.4, -0.2) is 25.9 Å². The predicted molar refractivity (Wildman–Crippen MR) is 85.4 cm³/mol. The van der Waals surface area contributed by atoms with Crippen molar-refractivity contribution in [3.05, 3.63) is 53.8 Å². The Balaban J connectivity index is 1.79. The predicted octanol–water partition coefficient (Wildman–Crippen LogP) is 4.50. The van der Waals surface area contributed by atoms with Crippen molar-refractivity contribution in [2.45, 2.75) is 6.36 Å². The molecule has 0 aliphatic heterocycles. The number of hydrogen-bond acceptors (Lipinski definition) is 4. The van der Waals surface area contributed by atoms with E-state index in [1.54, 1.807) is 6.07 Å². The lowest BCUT2D eigenvalue weighted by Gasteiger charge is -2.08. The first-order valence-corrected chi connectivity index (χ1v) is 7.46. The fourth-order valence-electron chi connectivity index (χ4n) is 2.45. The van der Waals surface area contributed by atoms with Gasteiger partial charge in [0.15, 0.2) is 11.5 Å². The second kappa shape index (κ2) is 5.59. The van der Waals surface area contributed by atoms with Gasteiger partial charge in [-0.05, 0) is 48.0 Å². The van der Waals surface area contributed by atoms with Gasteiger partial charge in [0.05, 0.1) is 5.52 Å². The zero-order valence-electron chi connectivity index (χ0n) is 12.3. The number of nitrogens with zero attached hydrogens (tertiary/aromatic N) is 4.